The molecule has 1 atom stereocenters. The maximum atomic E-state index is 4.52. The lowest BCUT2D eigenvalue weighted by molar-refractivity contribution is 0.530. The Kier molecular flexibility index (Phi) is 4.64. The molecular weight excluding hydrogens is 334 g/mol. The second kappa shape index (κ2) is 7.21. The minimum absolute atomic E-state index is 0.228. The molecule has 5 heteroatoms. The summed E-state index contributed by atoms with van der Waals surface area (Å²) in [6.45, 7) is 0.803. The zero-order valence-corrected chi connectivity index (χ0v) is 14.7. The number of aromatic nitrogens is 2. The van der Waals surface area contributed by atoms with Gasteiger partial charge in [0.1, 0.15) is 5.01 Å². The molecule has 120 valence electrons. The zero-order chi connectivity index (χ0) is 16.2. The summed E-state index contributed by atoms with van der Waals surface area (Å²) >= 11 is 3.45. The second-order valence-electron chi connectivity index (χ2n) is 5.63. The first-order valence-corrected chi connectivity index (χ1v) is 9.69. The molecule has 0 saturated carbocycles. The highest BCUT2D eigenvalue weighted by molar-refractivity contribution is 7.09. The molecule has 0 radical (unpaired) electrons. The van der Waals surface area contributed by atoms with E-state index in [-0.39, 0.29) is 6.04 Å². The van der Waals surface area contributed by atoms with E-state index in [1.807, 2.05) is 23.8 Å². The van der Waals surface area contributed by atoms with E-state index in [0.717, 1.165) is 23.5 Å². The van der Waals surface area contributed by atoms with Crippen LogP contribution in [0.3, 0.4) is 0 Å². The van der Waals surface area contributed by atoms with Gasteiger partial charge in [0.05, 0.1) is 11.6 Å². The van der Waals surface area contributed by atoms with Gasteiger partial charge in [-0.3, -0.25) is 4.98 Å². The number of nitrogens with zero attached hydrogens (tertiary/aromatic N) is 2. The normalized spacial score (nSPS) is 12.5. The van der Waals surface area contributed by atoms with Crippen molar-refractivity contribution in [3.63, 3.8) is 0 Å². The van der Waals surface area contributed by atoms with Gasteiger partial charge < -0.3 is 5.32 Å². The van der Waals surface area contributed by atoms with Gasteiger partial charge in [0, 0.05) is 29.7 Å². The van der Waals surface area contributed by atoms with Crippen LogP contribution in [0.15, 0.2) is 64.9 Å². The van der Waals surface area contributed by atoms with Crippen molar-refractivity contribution in [2.24, 2.45) is 0 Å². The van der Waals surface area contributed by atoms with Gasteiger partial charge in [-0.05, 0) is 46.5 Å². The summed E-state index contributed by atoms with van der Waals surface area (Å²) in [7, 11) is 0. The van der Waals surface area contributed by atoms with E-state index in [2.05, 4.69) is 56.4 Å². The molecule has 0 aliphatic carbocycles. The van der Waals surface area contributed by atoms with Crippen LogP contribution in [0.1, 0.15) is 22.2 Å². The fraction of sp³-hybridized carbons (Fsp3) is 0.158. The van der Waals surface area contributed by atoms with Gasteiger partial charge in [-0.25, -0.2) is 4.98 Å². The van der Waals surface area contributed by atoms with E-state index in [1.165, 1.54) is 16.5 Å². The van der Waals surface area contributed by atoms with Gasteiger partial charge in [-0.15, -0.1) is 11.3 Å². The number of benzene rings is 1. The number of fused-ring (bicyclic) bond motifs is 1. The highest BCUT2D eigenvalue weighted by Gasteiger charge is 2.15. The summed E-state index contributed by atoms with van der Waals surface area (Å²) in [5.74, 6) is 0. The maximum Gasteiger partial charge on any atom is 0.110 e. The summed E-state index contributed by atoms with van der Waals surface area (Å²) in [5.41, 5.74) is 3.67. The minimum Gasteiger partial charge on any atom is -0.304 e. The Balaban J connectivity index is 1.56. The Labute approximate surface area is 149 Å². The van der Waals surface area contributed by atoms with Gasteiger partial charge >= 0.3 is 0 Å². The van der Waals surface area contributed by atoms with Crippen molar-refractivity contribution in [1.29, 1.82) is 0 Å². The van der Waals surface area contributed by atoms with E-state index >= 15 is 0 Å². The molecule has 3 aromatic heterocycles. The molecule has 0 aliphatic heterocycles. The molecule has 0 spiro atoms. The quantitative estimate of drug-likeness (QED) is 0.541. The molecule has 3 nitrogen and oxygen atoms in total. The molecule has 0 bridgehead atoms. The number of rotatable bonds is 6. The monoisotopic (exact) mass is 351 g/mol. The topological polar surface area (TPSA) is 37.8 Å². The van der Waals surface area contributed by atoms with Crippen molar-refractivity contribution in [3.8, 4) is 0 Å². The fourth-order valence-electron chi connectivity index (χ4n) is 2.85. The average Bonchev–Trinajstić information content (AvgIpc) is 3.32. The third kappa shape index (κ3) is 3.38. The van der Waals surface area contributed by atoms with Gasteiger partial charge in [-0.1, -0.05) is 18.2 Å². The van der Waals surface area contributed by atoms with Crippen molar-refractivity contribution in [3.05, 3.63) is 81.1 Å². The maximum absolute atomic E-state index is 4.52. The molecule has 3 heterocycles. The summed E-state index contributed by atoms with van der Waals surface area (Å²) in [4.78, 5) is 8.96. The van der Waals surface area contributed by atoms with Crippen LogP contribution >= 0.6 is 22.7 Å². The van der Waals surface area contributed by atoms with Crippen LogP contribution < -0.4 is 5.32 Å². The predicted octanol–water partition coefficient (Wildman–Crippen LogP) is 4.83. The molecule has 1 aromatic carbocycles. The number of hydrogen-bond acceptors (Lipinski definition) is 5. The van der Waals surface area contributed by atoms with Gasteiger partial charge in [-0.2, -0.15) is 11.3 Å². The Morgan fingerprint density at radius 3 is 2.83 bits per heavy atom. The van der Waals surface area contributed by atoms with Crippen LogP contribution in [0.5, 0.6) is 0 Å². The van der Waals surface area contributed by atoms with E-state index in [0.29, 0.717) is 0 Å². The van der Waals surface area contributed by atoms with E-state index in [9.17, 15) is 0 Å². The smallest absolute Gasteiger partial charge is 0.110 e. The van der Waals surface area contributed by atoms with E-state index in [4.69, 9.17) is 0 Å². The molecule has 24 heavy (non-hydrogen) atoms. The number of pyridine rings is 1. The van der Waals surface area contributed by atoms with Crippen LogP contribution in [-0.2, 0) is 13.0 Å². The number of thiazole rings is 1. The number of hydrogen-bond donors (Lipinski definition) is 1. The molecule has 0 fully saturated rings. The molecule has 4 rings (SSSR count). The predicted molar refractivity (Wildman–Crippen MR) is 101 cm³/mol. The number of thiophene rings is 1. The minimum atomic E-state index is 0.228. The SMILES string of the molecule is c1cc(CNC(Cc2ccsc2)c2nccs2)c2cccnc2c1. The highest BCUT2D eigenvalue weighted by Crippen LogP contribution is 2.23. The Hall–Kier alpha value is -2.08. The van der Waals surface area contributed by atoms with Crippen molar-refractivity contribution in [1.82, 2.24) is 15.3 Å². The first-order valence-electron chi connectivity index (χ1n) is 7.86. The molecular formula is C19H17N3S2. The van der Waals surface area contributed by atoms with Crippen molar-refractivity contribution in [2.75, 3.05) is 0 Å². The first-order chi connectivity index (χ1) is 11.9. The zero-order valence-electron chi connectivity index (χ0n) is 13.1. The van der Waals surface area contributed by atoms with Crippen molar-refractivity contribution < 1.29 is 0 Å². The van der Waals surface area contributed by atoms with E-state index < -0.39 is 0 Å². The van der Waals surface area contributed by atoms with Crippen LogP contribution in [0.25, 0.3) is 10.9 Å². The summed E-state index contributed by atoms with van der Waals surface area (Å²) in [6.07, 6.45) is 4.68. The third-order valence-corrected chi connectivity index (χ3v) is 5.67. The van der Waals surface area contributed by atoms with Gasteiger partial charge in [0.25, 0.3) is 0 Å². The van der Waals surface area contributed by atoms with Gasteiger partial charge in [0.15, 0.2) is 0 Å². The summed E-state index contributed by atoms with van der Waals surface area (Å²) in [6, 6.07) is 12.8. The fourth-order valence-corrected chi connectivity index (χ4v) is 4.25. The van der Waals surface area contributed by atoms with Crippen LogP contribution in [0.2, 0.25) is 0 Å². The Morgan fingerprint density at radius 2 is 2.00 bits per heavy atom. The highest BCUT2D eigenvalue weighted by atomic mass is 32.1. The summed E-state index contributed by atoms with van der Waals surface area (Å²) < 4.78 is 0. The van der Waals surface area contributed by atoms with Crippen molar-refractivity contribution in [2.45, 2.75) is 19.0 Å². The third-order valence-electron chi connectivity index (χ3n) is 4.04. The van der Waals surface area contributed by atoms with Crippen LogP contribution in [0, 0.1) is 0 Å². The largest absolute Gasteiger partial charge is 0.304 e. The molecule has 1 N–H and O–H groups in total. The standard InChI is InChI=1S/C19H17N3S2/c1-3-15(16-4-2-7-20-17(16)5-1)12-22-18(19-21-8-10-24-19)11-14-6-9-23-13-14/h1-10,13,18,22H,11-12H2. The lowest BCUT2D eigenvalue weighted by Crippen LogP contribution is -2.22. The van der Waals surface area contributed by atoms with Crippen LogP contribution in [-0.4, -0.2) is 9.97 Å². The van der Waals surface area contributed by atoms with Gasteiger partial charge in [0.2, 0.25) is 0 Å². The molecule has 0 amide bonds. The number of nitrogens with one attached hydrogen (secondary N) is 1. The molecule has 1 unspecified atom stereocenters. The molecule has 0 aliphatic rings. The first kappa shape index (κ1) is 15.4. The van der Waals surface area contributed by atoms with Crippen LogP contribution in [0.4, 0.5) is 0 Å². The second-order valence-corrected chi connectivity index (χ2v) is 7.33. The molecule has 0 saturated heterocycles. The lowest BCUT2D eigenvalue weighted by atomic mass is 10.1. The lowest BCUT2D eigenvalue weighted by Gasteiger charge is -2.17. The average molecular weight is 352 g/mol. The molecule has 4 aromatic rings. The van der Waals surface area contributed by atoms with Crippen molar-refractivity contribution >= 4 is 33.6 Å². The summed E-state index contributed by atoms with van der Waals surface area (Å²) in [5, 5.41) is 12.4. The Bertz CT molecular complexity index is 896. The van der Waals surface area contributed by atoms with E-state index in [1.54, 1.807) is 22.7 Å². The Morgan fingerprint density at radius 1 is 1.00 bits per heavy atom.